The summed E-state index contributed by atoms with van der Waals surface area (Å²) in [7, 11) is 0. The molecule has 2 aliphatic rings. The predicted molar refractivity (Wildman–Crippen MR) is 92.1 cm³/mol. The van der Waals surface area contributed by atoms with E-state index in [4.69, 9.17) is 0 Å². The van der Waals surface area contributed by atoms with Gasteiger partial charge in [-0.25, -0.2) is 0 Å². The van der Waals surface area contributed by atoms with Gasteiger partial charge in [0.15, 0.2) is 0 Å². The smallest absolute Gasteiger partial charge is 0.296 e. The van der Waals surface area contributed by atoms with Gasteiger partial charge in [0.1, 0.15) is 0 Å². The van der Waals surface area contributed by atoms with E-state index in [2.05, 4.69) is 10.6 Å². The largest absolute Gasteiger partial charge is 0.318 e. The number of nitrogens with one attached hydrogen (secondary N) is 2. The summed E-state index contributed by atoms with van der Waals surface area (Å²) in [6.07, 6.45) is 0. The lowest BCUT2D eigenvalue weighted by Crippen LogP contribution is -2.12. The highest BCUT2D eigenvalue weighted by atomic mass is 16.6. The van der Waals surface area contributed by atoms with Crippen LogP contribution in [0.3, 0.4) is 0 Å². The fourth-order valence-electron chi connectivity index (χ4n) is 2.49. The maximum Gasteiger partial charge on any atom is 0.296 e. The molecular weight excluding hydrogens is 376 g/mol. The number of nitrogens with zero attached hydrogens (tertiary/aromatic N) is 2. The van der Waals surface area contributed by atoms with Crippen molar-refractivity contribution in [2.75, 3.05) is 10.6 Å². The van der Waals surface area contributed by atoms with Crippen molar-refractivity contribution in [3.63, 3.8) is 0 Å². The molecule has 2 aromatic carbocycles. The van der Waals surface area contributed by atoms with Gasteiger partial charge < -0.3 is 10.6 Å². The number of carbonyl (C=O) groups is 4. The topological polar surface area (TPSA) is 179 Å². The van der Waals surface area contributed by atoms with Gasteiger partial charge in [0.2, 0.25) is 0 Å². The van der Waals surface area contributed by atoms with Gasteiger partial charge in [0, 0.05) is 24.3 Å². The summed E-state index contributed by atoms with van der Waals surface area (Å²) in [6, 6.07) is 7.34. The van der Waals surface area contributed by atoms with Crippen LogP contribution in [0.15, 0.2) is 36.4 Å². The first-order chi connectivity index (χ1) is 13.2. The average molecular weight is 384 g/mol. The van der Waals surface area contributed by atoms with Gasteiger partial charge >= 0.3 is 0 Å². The van der Waals surface area contributed by atoms with Gasteiger partial charge in [0.05, 0.1) is 32.3 Å². The molecule has 0 bridgehead atoms. The van der Waals surface area contributed by atoms with E-state index in [1.54, 1.807) is 0 Å². The summed E-state index contributed by atoms with van der Waals surface area (Å²) < 4.78 is 0. The van der Waals surface area contributed by atoms with Crippen LogP contribution in [0.4, 0.5) is 22.7 Å². The van der Waals surface area contributed by atoms with Crippen molar-refractivity contribution >= 4 is 46.1 Å². The van der Waals surface area contributed by atoms with Crippen molar-refractivity contribution < 1.29 is 29.0 Å². The Bertz CT molecular complexity index is 1020. The Morgan fingerprint density at radius 3 is 1.32 bits per heavy atom. The summed E-state index contributed by atoms with van der Waals surface area (Å²) in [5.41, 5.74) is 0.367. The summed E-state index contributed by atoms with van der Waals surface area (Å²) in [5, 5.41) is 25.4. The summed E-state index contributed by atoms with van der Waals surface area (Å²) in [4.78, 5) is 63.6. The molecule has 12 heteroatoms. The Morgan fingerprint density at radius 2 is 1.00 bits per heavy atom. The van der Waals surface area contributed by atoms with Crippen molar-refractivity contribution in [2.24, 2.45) is 0 Å². The van der Waals surface area contributed by atoms with Gasteiger partial charge in [-0.05, 0) is 12.1 Å². The van der Waals surface area contributed by atoms with Crippen molar-refractivity contribution in [3.05, 3.63) is 67.8 Å². The van der Waals surface area contributed by atoms with E-state index in [-0.39, 0.29) is 22.5 Å². The highest BCUT2D eigenvalue weighted by Gasteiger charge is 2.30. The zero-order chi connectivity index (χ0) is 20.6. The molecule has 0 fully saturated rings. The highest BCUT2D eigenvalue weighted by Crippen LogP contribution is 2.27. The standard InChI is InChI=1S/2C8H4N2O4/c2*11-7-5-3-4(10(13)14)1-2-6(5)9-8(7)12/h2*1-3H,(H,9,11,12). The summed E-state index contributed by atoms with van der Waals surface area (Å²) in [5.74, 6) is -2.96. The minimum Gasteiger partial charge on any atom is -0.318 e. The maximum absolute atomic E-state index is 11.1. The van der Waals surface area contributed by atoms with Crippen molar-refractivity contribution in [3.8, 4) is 0 Å². The van der Waals surface area contributed by atoms with E-state index in [1.165, 1.54) is 24.3 Å². The number of nitro groups is 2. The number of hydrogen-bond donors (Lipinski definition) is 2. The number of non-ortho nitro benzene ring substituents is 2. The monoisotopic (exact) mass is 384 g/mol. The van der Waals surface area contributed by atoms with E-state index in [0.29, 0.717) is 11.4 Å². The molecule has 0 spiro atoms. The number of anilines is 2. The van der Waals surface area contributed by atoms with E-state index >= 15 is 0 Å². The molecule has 140 valence electrons. The molecule has 2 amide bonds. The van der Waals surface area contributed by atoms with Crippen molar-refractivity contribution in [1.29, 1.82) is 0 Å². The zero-order valence-corrected chi connectivity index (χ0v) is 13.6. The van der Waals surface area contributed by atoms with E-state index in [9.17, 15) is 39.4 Å². The van der Waals surface area contributed by atoms with Gasteiger partial charge in [0.25, 0.3) is 34.8 Å². The third-order valence-corrected chi connectivity index (χ3v) is 3.83. The SMILES string of the molecule is O=C1Nc2ccc([N+](=O)[O-])cc2C1=O.O=C1Nc2ccc([N+](=O)[O-])cc2C1=O. The lowest BCUT2D eigenvalue weighted by Gasteiger charge is -1.95. The maximum atomic E-state index is 11.1. The molecule has 0 saturated carbocycles. The summed E-state index contributed by atoms with van der Waals surface area (Å²) in [6.45, 7) is 0. The quantitative estimate of drug-likeness (QED) is 0.443. The van der Waals surface area contributed by atoms with Crippen LogP contribution in [0.25, 0.3) is 0 Å². The Hall–Kier alpha value is -4.48. The fourth-order valence-corrected chi connectivity index (χ4v) is 2.49. The molecular formula is C16H8N4O8. The first-order valence-corrected chi connectivity index (χ1v) is 7.47. The van der Waals surface area contributed by atoms with Crippen LogP contribution in [0.5, 0.6) is 0 Å². The first-order valence-electron chi connectivity index (χ1n) is 7.47. The molecule has 0 unspecified atom stereocenters. The van der Waals surface area contributed by atoms with Crippen LogP contribution in [-0.4, -0.2) is 33.2 Å². The Kier molecular flexibility index (Phi) is 4.37. The number of amides is 2. The Balaban J connectivity index is 0.000000161. The molecule has 2 aromatic rings. The van der Waals surface area contributed by atoms with Crippen molar-refractivity contribution in [1.82, 2.24) is 0 Å². The lowest BCUT2D eigenvalue weighted by molar-refractivity contribution is -0.385. The Labute approximate surface area is 154 Å². The molecule has 4 rings (SSSR count). The molecule has 0 radical (unpaired) electrons. The van der Waals surface area contributed by atoms with Gasteiger partial charge in [-0.15, -0.1) is 0 Å². The van der Waals surface area contributed by atoms with Crippen LogP contribution in [0.2, 0.25) is 0 Å². The molecule has 0 aromatic heterocycles. The lowest BCUT2D eigenvalue weighted by atomic mass is 10.1. The van der Waals surface area contributed by atoms with Crippen LogP contribution >= 0.6 is 0 Å². The van der Waals surface area contributed by atoms with Crippen LogP contribution in [0, 0.1) is 20.2 Å². The average Bonchev–Trinajstić information content (AvgIpc) is 3.11. The molecule has 0 atom stereocenters. The number of carbonyl (C=O) groups excluding carboxylic acids is 4. The number of hydrogen-bond acceptors (Lipinski definition) is 8. The highest BCUT2D eigenvalue weighted by molar-refractivity contribution is 6.52. The number of ketones is 2. The predicted octanol–water partition coefficient (Wildman–Crippen LogP) is 1.46. The number of nitro benzene ring substituents is 2. The third kappa shape index (κ3) is 3.16. The van der Waals surface area contributed by atoms with Crippen LogP contribution in [0.1, 0.15) is 20.7 Å². The van der Waals surface area contributed by atoms with Crippen LogP contribution < -0.4 is 10.6 Å². The zero-order valence-electron chi connectivity index (χ0n) is 13.6. The van der Waals surface area contributed by atoms with Crippen LogP contribution in [-0.2, 0) is 9.59 Å². The van der Waals surface area contributed by atoms with E-state index in [0.717, 1.165) is 12.1 Å². The van der Waals surface area contributed by atoms with Gasteiger partial charge in [-0.3, -0.25) is 39.4 Å². The minimum absolute atomic E-state index is 0.0594. The molecule has 2 aliphatic heterocycles. The van der Waals surface area contributed by atoms with E-state index < -0.39 is 33.2 Å². The third-order valence-electron chi connectivity index (χ3n) is 3.83. The van der Waals surface area contributed by atoms with Gasteiger partial charge in [-0.1, -0.05) is 0 Å². The molecule has 2 heterocycles. The molecule has 0 aliphatic carbocycles. The molecule has 12 nitrogen and oxygen atoms in total. The number of rotatable bonds is 2. The fraction of sp³-hybridized carbons (Fsp3) is 0. The second-order valence-electron chi connectivity index (χ2n) is 5.54. The normalized spacial score (nSPS) is 13.7. The number of benzene rings is 2. The Morgan fingerprint density at radius 1 is 0.643 bits per heavy atom. The second kappa shape index (κ2) is 6.68. The van der Waals surface area contributed by atoms with Gasteiger partial charge in [-0.2, -0.15) is 0 Å². The molecule has 2 N–H and O–H groups in total. The second-order valence-corrected chi connectivity index (χ2v) is 5.54. The number of fused-ring (bicyclic) bond motifs is 2. The van der Waals surface area contributed by atoms with E-state index in [1.807, 2.05) is 0 Å². The minimum atomic E-state index is -0.750. The number of Topliss-reactive ketones (excluding diaryl/α,β-unsaturated/α-hetero) is 2. The molecule has 28 heavy (non-hydrogen) atoms. The van der Waals surface area contributed by atoms with Crippen molar-refractivity contribution in [2.45, 2.75) is 0 Å². The summed E-state index contributed by atoms with van der Waals surface area (Å²) >= 11 is 0. The first kappa shape index (κ1) is 18.3. The molecule has 0 saturated heterocycles.